The number of hydrogen-bond acceptors (Lipinski definition) is 4. The summed E-state index contributed by atoms with van der Waals surface area (Å²) in [5, 5.41) is 19.5. The van der Waals surface area contributed by atoms with Gasteiger partial charge in [0, 0.05) is 18.2 Å². The maximum Gasteiger partial charge on any atom is 0.129 e. The number of nitrogens with two attached hydrogens (primary N) is 1. The van der Waals surface area contributed by atoms with E-state index in [4.69, 9.17) is 10.8 Å². The van der Waals surface area contributed by atoms with Crippen LogP contribution in [0.25, 0.3) is 0 Å². The van der Waals surface area contributed by atoms with Crippen molar-refractivity contribution in [3.63, 3.8) is 0 Å². The minimum Gasteiger partial charge on any atom is -0.544 e. The lowest BCUT2D eigenvalue weighted by Gasteiger charge is -2.11. The van der Waals surface area contributed by atoms with Crippen LogP contribution in [0.3, 0.4) is 0 Å². The third kappa shape index (κ3) is 2.37. The molecular formula is C9H12N2O3. The fraction of sp³-hybridized carbons (Fsp3) is 0.222. The van der Waals surface area contributed by atoms with Gasteiger partial charge in [0.1, 0.15) is 11.8 Å². The van der Waals surface area contributed by atoms with Crippen molar-refractivity contribution in [2.24, 2.45) is 0 Å². The van der Waals surface area contributed by atoms with Gasteiger partial charge in [-0.25, -0.2) is 0 Å². The highest BCUT2D eigenvalue weighted by Gasteiger charge is 2.10. The number of phenols is 1. The van der Waals surface area contributed by atoms with Gasteiger partial charge in [0.2, 0.25) is 0 Å². The fourth-order valence-corrected chi connectivity index (χ4v) is 1.12. The van der Waals surface area contributed by atoms with E-state index in [0.717, 1.165) is 0 Å². The summed E-state index contributed by atoms with van der Waals surface area (Å²) in [5.41, 5.74) is 9.99. The number of carbonyl (C=O) groups is 1. The molecule has 0 saturated carbocycles. The molecule has 1 aromatic rings. The van der Waals surface area contributed by atoms with Crippen LogP contribution in [0.15, 0.2) is 18.2 Å². The summed E-state index contributed by atoms with van der Waals surface area (Å²) in [6, 6.07) is 3.57. The minimum atomic E-state index is -1.21. The predicted molar refractivity (Wildman–Crippen MR) is 47.9 cm³/mol. The molecule has 1 aromatic carbocycles. The van der Waals surface area contributed by atoms with Crippen LogP contribution in [0.2, 0.25) is 0 Å². The molecule has 1 rings (SSSR count). The van der Waals surface area contributed by atoms with E-state index < -0.39 is 12.0 Å². The molecule has 0 fully saturated rings. The maximum absolute atomic E-state index is 10.4. The second-order valence-electron chi connectivity index (χ2n) is 3.10. The number of rotatable bonds is 3. The number of phenolic OH excluding ortho intramolecular Hbond substituents is 1. The van der Waals surface area contributed by atoms with Crippen molar-refractivity contribution in [1.82, 2.24) is 0 Å². The zero-order valence-corrected chi connectivity index (χ0v) is 7.56. The molecule has 0 unspecified atom stereocenters. The molecule has 14 heavy (non-hydrogen) atoms. The summed E-state index contributed by atoms with van der Waals surface area (Å²) in [5.74, 6) is -1.15. The number of nitrogen functional groups attached to an aromatic ring is 1. The van der Waals surface area contributed by atoms with Crippen LogP contribution >= 0.6 is 0 Å². The quantitative estimate of drug-likeness (QED) is 0.479. The first kappa shape index (κ1) is 10.3. The van der Waals surface area contributed by atoms with E-state index in [1.165, 1.54) is 12.1 Å². The number of hydrogen-bond donors (Lipinski definition) is 3. The normalized spacial score (nSPS) is 12.4. The molecule has 5 heteroatoms. The average molecular weight is 196 g/mol. The largest absolute Gasteiger partial charge is 0.544 e. The van der Waals surface area contributed by atoms with Crippen LogP contribution in [-0.2, 0) is 11.2 Å². The van der Waals surface area contributed by atoms with E-state index in [0.29, 0.717) is 11.3 Å². The lowest BCUT2D eigenvalue weighted by atomic mass is 10.0. The van der Waals surface area contributed by atoms with Gasteiger partial charge in [0.15, 0.2) is 0 Å². The van der Waals surface area contributed by atoms with Gasteiger partial charge in [0.05, 0.1) is 5.97 Å². The Morgan fingerprint density at radius 3 is 2.79 bits per heavy atom. The number of carbonyl (C=O) groups excluding carboxylic acids is 1. The van der Waals surface area contributed by atoms with Crippen LogP contribution in [0, 0.1) is 0 Å². The fourth-order valence-electron chi connectivity index (χ4n) is 1.12. The SMILES string of the molecule is Nc1cc(O)ccc1C[C@H]([NH3+])C(=O)[O-]. The smallest absolute Gasteiger partial charge is 0.129 e. The van der Waals surface area contributed by atoms with Crippen molar-refractivity contribution in [3.05, 3.63) is 23.8 Å². The van der Waals surface area contributed by atoms with Crippen molar-refractivity contribution in [1.29, 1.82) is 0 Å². The molecule has 0 aliphatic rings. The zero-order chi connectivity index (χ0) is 10.7. The topological polar surface area (TPSA) is 114 Å². The maximum atomic E-state index is 10.4. The lowest BCUT2D eigenvalue weighted by molar-refractivity contribution is -0.436. The Hall–Kier alpha value is -1.75. The number of anilines is 1. The van der Waals surface area contributed by atoms with Crippen molar-refractivity contribution < 1.29 is 20.7 Å². The standard InChI is InChI=1S/C9H12N2O3/c10-7-4-6(12)2-1-5(7)3-8(11)9(13)14/h1-2,4,8,12H,3,10-11H2,(H,13,14)/t8-/m0/s1. The number of carboxylic acid groups (broad SMARTS) is 1. The Kier molecular flexibility index (Phi) is 2.93. The van der Waals surface area contributed by atoms with Gasteiger partial charge in [-0.2, -0.15) is 0 Å². The molecule has 76 valence electrons. The Labute approximate surface area is 81.0 Å². The monoisotopic (exact) mass is 196 g/mol. The number of aliphatic carboxylic acids is 1. The summed E-state index contributed by atoms with van der Waals surface area (Å²) < 4.78 is 0. The third-order valence-electron chi connectivity index (χ3n) is 1.93. The minimum absolute atomic E-state index is 0.0558. The molecule has 1 atom stereocenters. The van der Waals surface area contributed by atoms with Crippen LogP contribution in [0.4, 0.5) is 5.69 Å². The van der Waals surface area contributed by atoms with Crippen molar-refractivity contribution >= 4 is 11.7 Å². The van der Waals surface area contributed by atoms with E-state index >= 15 is 0 Å². The molecular weight excluding hydrogens is 184 g/mol. The van der Waals surface area contributed by atoms with E-state index in [9.17, 15) is 9.90 Å². The average Bonchev–Trinajstić information content (AvgIpc) is 2.09. The number of quaternary nitrogens is 1. The highest BCUT2D eigenvalue weighted by Crippen LogP contribution is 2.19. The number of aromatic hydroxyl groups is 1. The molecule has 5 nitrogen and oxygen atoms in total. The highest BCUT2D eigenvalue weighted by atomic mass is 16.4. The summed E-state index contributed by atoms with van der Waals surface area (Å²) in [6.45, 7) is 0. The molecule has 0 spiro atoms. The predicted octanol–water partition coefficient (Wildman–Crippen LogP) is -2.12. The van der Waals surface area contributed by atoms with Crippen molar-refractivity contribution in [2.75, 3.05) is 5.73 Å². The molecule has 0 aromatic heterocycles. The summed E-state index contributed by atoms with van der Waals surface area (Å²) in [7, 11) is 0. The van der Waals surface area contributed by atoms with E-state index in [2.05, 4.69) is 5.73 Å². The van der Waals surface area contributed by atoms with Crippen LogP contribution < -0.4 is 16.6 Å². The summed E-state index contributed by atoms with van der Waals surface area (Å²) in [4.78, 5) is 10.4. The molecule has 0 aliphatic heterocycles. The van der Waals surface area contributed by atoms with E-state index in [1.807, 2.05) is 0 Å². The van der Waals surface area contributed by atoms with Gasteiger partial charge in [-0.15, -0.1) is 0 Å². The summed E-state index contributed by atoms with van der Waals surface area (Å²) >= 11 is 0. The van der Waals surface area contributed by atoms with Crippen molar-refractivity contribution in [2.45, 2.75) is 12.5 Å². The first-order valence-electron chi connectivity index (χ1n) is 4.12. The molecule has 0 saturated heterocycles. The first-order chi connectivity index (χ1) is 6.50. The Bertz CT molecular complexity index is 352. The zero-order valence-electron chi connectivity index (χ0n) is 7.56. The molecule has 0 radical (unpaired) electrons. The van der Waals surface area contributed by atoms with Crippen LogP contribution in [0.5, 0.6) is 5.75 Å². The van der Waals surface area contributed by atoms with Crippen molar-refractivity contribution in [3.8, 4) is 5.75 Å². The number of benzene rings is 1. The van der Waals surface area contributed by atoms with Gasteiger partial charge in [-0.05, 0) is 11.6 Å². The molecule has 0 bridgehead atoms. The molecule has 0 aliphatic carbocycles. The van der Waals surface area contributed by atoms with Gasteiger partial charge >= 0.3 is 0 Å². The lowest BCUT2D eigenvalue weighted by Crippen LogP contribution is -2.69. The van der Waals surface area contributed by atoms with Gasteiger partial charge in [-0.1, -0.05) is 6.07 Å². The Balaban J connectivity index is 2.82. The molecule has 6 N–H and O–H groups in total. The second kappa shape index (κ2) is 3.97. The van der Waals surface area contributed by atoms with Gasteiger partial charge < -0.3 is 26.5 Å². The first-order valence-corrected chi connectivity index (χ1v) is 4.12. The van der Waals surface area contributed by atoms with Gasteiger partial charge in [0.25, 0.3) is 0 Å². The highest BCUT2D eigenvalue weighted by molar-refractivity contribution is 5.70. The molecule has 0 amide bonds. The van der Waals surface area contributed by atoms with Crippen LogP contribution in [0.1, 0.15) is 5.56 Å². The van der Waals surface area contributed by atoms with Gasteiger partial charge in [-0.3, -0.25) is 0 Å². The Morgan fingerprint density at radius 1 is 1.64 bits per heavy atom. The number of carboxylic acids is 1. The van der Waals surface area contributed by atoms with Crippen LogP contribution in [-0.4, -0.2) is 17.1 Å². The van der Waals surface area contributed by atoms with E-state index in [1.54, 1.807) is 6.07 Å². The van der Waals surface area contributed by atoms with E-state index in [-0.39, 0.29) is 12.2 Å². The summed E-state index contributed by atoms with van der Waals surface area (Å²) in [6.07, 6.45) is 0.203. The molecule has 0 heterocycles. The Morgan fingerprint density at radius 2 is 2.29 bits per heavy atom. The second-order valence-corrected chi connectivity index (χ2v) is 3.10. The third-order valence-corrected chi connectivity index (χ3v) is 1.93.